The minimum atomic E-state index is -1.77. The molecule has 3 N–H and O–H groups in total. The second-order valence-electron chi connectivity index (χ2n) is 5.45. The second kappa shape index (κ2) is 12.6. The van der Waals surface area contributed by atoms with Crippen LogP contribution in [0.5, 0.6) is 0 Å². The molecule has 5 heteroatoms. The third kappa shape index (κ3) is 10.4. The van der Waals surface area contributed by atoms with Crippen molar-refractivity contribution in [1.82, 2.24) is 10.6 Å². The third-order valence-electron chi connectivity index (χ3n) is 3.55. The first kappa shape index (κ1) is 21.0. The van der Waals surface area contributed by atoms with Gasteiger partial charge in [0.1, 0.15) is 0 Å². The molecule has 0 aliphatic carbocycles. The maximum absolute atomic E-state index is 12.1. The van der Waals surface area contributed by atoms with E-state index >= 15 is 0 Å². The van der Waals surface area contributed by atoms with Crippen LogP contribution in [0, 0.1) is 5.92 Å². The van der Waals surface area contributed by atoms with Gasteiger partial charge in [0.05, 0.1) is 0 Å². The van der Waals surface area contributed by atoms with Crippen LogP contribution in [-0.2, 0) is 4.79 Å². The van der Waals surface area contributed by atoms with Crippen molar-refractivity contribution in [2.24, 2.45) is 5.92 Å². The molecule has 0 fully saturated rings. The van der Waals surface area contributed by atoms with Gasteiger partial charge in [-0.15, -0.1) is 0 Å². The number of Topliss-reactive ketones (excluding diaryl/α,β-unsaturated/α-hetero) is 1. The molecule has 0 heterocycles. The van der Waals surface area contributed by atoms with Crippen LogP contribution in [0.4, 0.5) is 0 Å². The number of carbonyl (C=O) groups is 1. The van der Waals surface area contributed by atoms with Crippen LogP contribution in [0.15, 0.2) is 11.6 Å². The average molecular weight is 412 g/mol. The van der Waals surface area contributed by atoms with Gasteiger partial charge in [0.25, 0.3) is 0 Å². The van der Waals surface area contributed by atoms with Gasteiger partial charge in [-0.1, -0.05) is 0 Å². The number of hydrogen-bond acceptors (Lipinski definition) is 4. The Balaban J connectivity index is 4.20. The van der Waals surface area contributed by atoms with Crippen molar-refractivity contribution >= 4 is 26.0 Å². The summed E-state index contributed by atoms with van der Waals surface area (Å²) in [5.41, 5.74) is 1.25. The minimum absolute atomic E-state index is 0.0357. The Morgan fingerprint density at radius 1 is 1.33 bits per heavy atom. The number of halogens is 1. The predicted molar refractivity (Wildman–Crippen MR) is 100 cm³/mol. The molecule has 0 saturated carbocycles. The molecule has 0 bridgehead atoms. The number of allylic oxidation sites excluding steroid dienone is 1. The Labute approximate surface area is 138 Å². The van der Waals surface area contributed by atoms with Crippen molar-refractivity contribution in [3.8, 4) is 0 Å². The van der Waals surface area contributed by atoms with E-state index in [1.54, 1.807) is 0 Å². The molecule has 4 nitrogen and oxygen atoms in total. The average Bonchev–Trinajstić information content (AvgIpc) is 2.46. The molecule has 0 aromatic heterocycles. The zero-order valence-corrected chi connectivity index (χ0v) is 16.4. The van der Waals surface area contributed by atoms with Crippen LogP contribution in [0.3, 0.4) is 0 Å². The molecular weight excluding hydrogens is 379 g/mol. The fourth-order valence-corrected chi connectivity index (χ4v) is 4.55. The Morgan fingerprint density at radius 3 is 2.52 bits per heavy atom. The van der Waals surface area contributed by atoms with E-state index in [4.69, 9.17) is 0 Å². The van der Waals surface area contributed by atoms with Crippen LogP contribution in [0.2, 0.25) is 0 Å². The molecule has 0 aromatic carbocycles. The Hall–Kier alpha value is 0.0200. The van der Waals surface area contributed by atoms with E-state index in [1.807, 2.05) is 13.8 Å². The van der Waals surface area contributed by atoms with Crippen LogP contribution in [0.25, 0.3) is 0 Å². The molecule has 2 atom stereocenters. The van der Waals surface area contributed by atoms with E-state index in [0.29, 0.717) is 6.54 Å². The zero-order valence-electron chi connectivity index (χ0n) is 14.2. The summed E-state index contributed by atoms with van der Waals surface area (Å²) in [5.74, 6) is 0.296. The van der Waals surface area contributed by atoms with Crippen molar-refractivity contribution in [2.75, 3.05) is 28.5 Å². The first-order valence-electron chi connectivity index (χ1n) is 7.84. The van der Waals surface area contributed by atoms with Crippen molar-refractivity contribution in [1.29, 1.82) is 0 Å². The van der Waals surface area contributed by atoms with E-state index in [2.05, 4.69) is 37.5 Å². The zero-order chi connectivity index (χ0) is 16.3. The summed E-state index contributed by atoms with van der Waals surface area (Å²) in [4.78, 5) is 12.1. The summed E-state index contributed by atoms with van der Waals surface area (Å²) in [6.45, 7) is 12.3. The molecule has 0 amide bonds. The van der Waals surface area contributed by atoms with Gasteiger partial charge >= 0.3 is 138 Å². The van der Waals surface area contributed by atoms with Crippen LogP contribution < -0.4 is 10.6 Å². The van der Waals surface area contributed by atoms with E-state index in [9.17, 15) is 8.23 Å². The summed E-state index contributed by atoms with van der Waals surface area (Å²) in [5, 5.41) is 6.61. The van der Waals surface area contributed by atoms with Crippen LogP contribution in [0.1, 0.15) is 41.0 Å². The SMILES string of the molecule is C/C=C(\C)CNCC(=O)[C@H](C)CC(CI(O)CC)NCC. The summed E-state index contributed by atoms with van der Waals surface area (Å²) in [6, 6.07) is 0.279. The molecule has 21 heavy (non-hydrogen) atoms. The van der Waals surface area contributed by atoms with Gasteiger partial charge in [0.2, 0.25) is 0 Å². The second-order valence-corrected chi connectivity index (χ2v) is 10.3. The van der Waals surface area contributed by atoms with Crippen molar-refractivity contribution in [2.45, 2.75) is 47.1 Å². The molecule has 0 aromatic rings. The Morgan fingerprint density at radius 2 is 2.00 bits per heavy atom. The molecule has 126 valence electrons. The maximum atomic E-state index is 12.1. The van der Waals surface area contributed by atoms with Crippen molar-refractivity contribution in [3.05, 3.63) is 11.6 Å². The molecule has 0 saturated heterocycles. The molecule has 0 aliphatic heterocycles. The number of alkyl halides is 2. The standard InChI is InChI=1S/C16H33IN2O2/c1-6-13(4)11-18-12-16(20)14(5)9-15(19-8-3)10-17(21)7-2/h6,14-15,18-19,21H,7-12H2,1-5H3/b13-6+/t14-,15?/m1/s1. The van der Waals surface area contributed by atoms with E-state index in [-0.39, 0.29) is 17.7 Å². The first-order chi connectivity index (χ1) is 9.94. The normalized spacial score (nSPS) is 15.7. The number of hydrogen-bond donors (Lipinski definition) is 3. The van der Waals surface area contributed by atoms with Crippen molar-refractivity contribution < 1.29 is 8.23 Å². The summed E-state index contributed by atoms with van der Waals surface area (Å²) >= 11 is -1.77. The van der Waals surface area contributed by atoms with Gasteiger partial charge < -0.3 is 0 Å². The van der Waals surface area contributed by atoms with Gasteiger partial charge in [0, 0.05) is 0 Å². The van der Waals surface area contributed by atoms with Gasteiger partial charge in [-0.05, 0) is 0 Å². The molecule has 0 aliphatic rings. The molecule has 1 unspecified atom stereocenters. The molecule has 0 rings (SSSR count). The number of nitrogens with one attached hydrogen (secondary N) is 2. The van der Waals surface area contributed by atoms with Crippen LogP contribution >= 0.6 is 20.2 Å². The van der Waals surface area contributed by atoms with Gasteiger partial charge in [0.15, 0.2) is 0 Å². The fourth-order valence-electron chi connectivity index (χ4n) is 2.03. The van der Waals surface area contributed by atoms with E-state index in [1.165, 1.54) is 5.57 Å². The fraction of sp³-hybridized carbons (Fsp3) is 0.812. The first-order valence-corrected chi connectivity index (χ1v) is 11.9. The predicted octanol–water partition coefficient (Wildman–Crippen LogP) is 2.55. The molecule has 0 radical (unpaired) electrons. The van der Waals surface area contributed by atoms with E-state index < -0.39 is 20.2 Å². The monoisotopic (exact) mass is 412 g/mol. The van der Waals surface area contributed by atoms with Gasteiger partial charge in [-0.2, -0.15) is 0 Å². The van der Waals surface area contributed by atoms with Crippen LogP contribution in [-0.4, -0.2) is 43.8 Å². The Kier molecular flexibility index (Phi) is 12.6. The summed E-state index contributed by atoms with van der Waals surface area (Å²) < 4.78 is 11.7. The molecular formula is C16H33IN2O2. The summed E-state index contributed by atoms with van der Waals surface area (Å²) in [7, 11) is 0. The van der Waals surface area contributed by atoms with Gasteiger partial charge in [-0.25, -0.2) is 0 Å². The third-order valence-corrected chi connectivity index (χ3v) is 7.39. The Bertz CT molecular complexity index is 321. The number of rotatable bonds is 12. The quantitative estimate of drug-likeness (QED) is 0.262. The van der Waals surface area contributed by atoms with Gasteiger partial charge in [-0.3, -0.25) is 0 Å². The number of ketones is 1. The number of carbonyl (C=O) groups excluding carboxylic acids is 1. The topological polar surface area (TPSA) is 61.4 Å². The van der Waals surface area contributed by atoms with E-state index in [0.717, 1.165) is 28.4 Å². The van der Waals surface area contributed by atoms with Crippen molar-refractivity contribution in [3.63, 3.8) is 0 Å². The summed E-state index contributed by atoms with van der Waals surface area (Å²) in [6.07, 6.45) is 2.88. The molecule has 0 spiro atoms.